The number of hydrogen-bond acceptors (Lipinski definition) is 5. The Bertz CT molecular complexity index is 652. The van der Waals surface area contributed by atoms with E-state index in [0.29, 0.717) is 32.1 Å². The van der Waals surface area contributed by atoms with Gasteiger partial charge in [0.15, 0.2) is 6.10 Å². The minimum absolute atomic E-state index is 0.100. The van der Waals surface area contributed by atoms with Crippen LogP contribution in [0.25, 0.3) is 0 Å². The van der Waals surface area contributed by atoms with Gasteiger partial charge in [0.05, 0.1) is 18.1 Å². The number of nitrogens with one attached hydrogen (secondary N) is 1. The first-order valence-corrected chi connectivity index (χ1v) is 9.43. The van der Waals surface area contributed by atoms with Gasteiger partial charge < -0.3 is 14.4 Å². The second kappa shape index (κ2) is 7.96. The number of carbonyl (C=O) groups excluding carboxylic acids is 1. The van der Waals surface area contributed by atoms with Crippen molar-refractivity contribution in [3.63, 3.8) is 0 Å². The number of hydrogen-bond donors (Lipinski definition) is 1. The van der Waals surface area contributed by atoms with Crippen LogP contribution in [0.4, 0.5) is 0 Å². The molecule has 0 aliphatic carbocycles. The average molecular weight is 356 g/mol. The number of rotatable bonds is 6. The molecule has 2 rings (SSSR count). The molecule has 1 saturated heterocycles. The van der Waals surface area contributed by atoms with E-state index >= 15 is 0 Å². The molecule has 1 aliphatic heterocycles. The van der Waals surface area contributed by atoms with Gasteiger partial charge in [-0.25, -0.2) is 13.1 Å². The molecule has 1 fully saturated rings. The fourth-order valence-corrected chi connectivity index (χ4v) is 3.62. The third kappa shape index (κ3) is 4.93. The molecule has 1 aromatic rings. The zero-order valence-electron chi connectivity index (χ0n) is 14.2. The van der Waals surface area contributed by atoms with Crippen LogP contribution < -0.4 is 9.46 Å². The first-order valence-electron chi connectivity index (χ1n) is 7.95. The lowest BCUT2D eigenvalue weighted by Gasteiger charge is -2.29. The third-order valence-electron chi connectivity index (χ3n) is 3.51. The highest BCUT2D eigenvalue weighted by Gasteiger charge is 2.24. The van der Waals surface area contributed by atoms with E-state index in [-0.39, 0.29) is 16.8 Å². The molecule has 0 bridgehead atoms. The SMILES string of the molecule is CC(C)NS(=O)(=O)c1ccc(O[C@H](C)C(=O)N2CCOCC2)cc1. The lowest BCUT2D eigenvalue weighted by Crippen LogP contribution is -2.46. The Kier molecular flexibility index (Phi) is 6.20. The maximum absolute atomic E-state index is 12.3. The predicted octanol–water partition coefficient (Wildman–Crippen LogP) is 0.999. The molecule has 1 aliphatic rings. The van der Waals surface area contributed by atoms with E-state index in [1.807, 2.05) is 0 Å². The van der Waals surface area contributed by atoms with Gasteiger partial charge >= 0.3 is 0 Å². The Morgan fingerprint density at radius 1 is 1.17 bits per heavy atom. The summed E-state index contributed by atoms with van der Waals surface area (Å²) in [5.41, 5.74) is 0. The summed E-state index contributed by atoms with van der Waals surface area (Å²) in [6.07, 6.45) is -0.639. The summed E-state index contributed by atoms with van der Waals surface area (Å²) < 4.78 is 37.5. The van der Waals surface area contributed by atoms with Crippen molar-refractivity contribution in [1.82, 2.24) is 9.62 Å². The standard InChI is InChI=1S/C16H24N2O5S/c1-12(2)17-24(20,21)15-6-4-14(5-7-15)23-13(3)16(19)18-8-10-22-11-9-18/h4-7,12-13,17H,8-11H2,1-3H3/t13-/m1/s1. The van der Waals surface area contributed by atoms with Gasteiger partial charge in [0, 0.05) is 19.1 Å². The molecule has 0 unspecified atom stereocenters. The Morgan fingerprint density at radius 2 is 1.75 bits per heavy atom. The fraction of sp³-hybridized carbons (Fsp3) is 0.562. The molecule has 1 aromatic carbocycles. The zero-order valence-corrected chi connectivity index (χ0v) is 15.0. The molecule has 1 amide bonds. The number of ether oxygens (including phenoxy) is 2. The quantitative estimate of drug-likeness (QED) is 0.822. The molecule has 24 heavy (non-hydrogen) atoms. The van der Waals surface area contributed by atoms with Crippen molar-refractivity contribution in [3.8, 4) is 5.75 Å². The topological polar surface area (TPSA) is 84.9 Å². The molecule has 8 heteroatoms. The average Bonchev–Trinajstić information content (AvgIpc) is 2.54. The molecule has 0 saturated carbocycles. The summed E-state index contributed by atoms with van der Waals surface area (Å²) in [6.45, 7) is 7.39. The Labute approximate surface area is 143 Å². The van der Waals surface area contributed by atoms with Gasteiger partial charge in [-0.1, -0.05) is 0 Å². The Balaban J connectivity index is 1.99. The molecule has 134 valence electrons. The molecule has 0 spiro atoms. The smallest absolute Gasteiger partial charge is 0.263 e. The van der Waals surface area contributed by atoms with E-state index in [1.54, 1.807) is 37.8 Å². The van der Waals surface area contributed by atoms with Crippen LogP contribution in [0.15, 0.2) is 29.2 Å². The van der Waals surface area contributed by atoms with E-state index in [4.69, 9.17) is 9.47 Å². The fourth-order valence-electron chi connectivity index (χ4n) is 2.37. The number of sulfonamides is 1. The predicted molar refractivity (Wildman–Crippen MR) is 89.4 cm³/mol. The van der Waals surface area contributed by atoms with Crippen molar-refractivity contribution in [2.75, 3.05) is 26.3 Å². The van der Waals surface area contributed by atoms with Gasteiger partial charge in [0.25, 0.3) is 5.91 Å². The molecule has 1 atom stereocenters. The molecule has 7 nitrogen and oxygen atoms in total. The van der Waals surface area contributed by atoms with Gasteiger partial charge in [-0.05, 0) is 45.0 Å². The Hall–Kier alpha value is -1.64. The van der Waals surface area contributed by atoms with Crippen LogP contribution >= 0.6 is 0 Å². The summed E-state index contributed by atoms with van der Waals surface area (Å²) in [5.74, 6) is 0.351. The highest BCUT2D eigenvalue weighted by molar-refractivity contribution is 7.89. The first kappa shape index (κ1) is 18.7. The van der Waals surface area contributed by atoms with Gasteiger partial charge in [-0.3, -0.25) is 4.79 Å². The molecule has 1 heterocycles. The second-order valence-electron chi connectivity index (χ2n) is 5.95. The lowest BCUT2D eigenvalue weighted by atomic mass is 10.3. The van der Waals surface area contributed by atoms with Crippen molar-refractivity contribution in [2.24, 2.45) is 0 Å². The van der Waals surface area contributed by atoms with Crippen LogP contribution in [0, 0.1) is 0 Å². The summed E-state index contributed by atoms with van der Waals surface area (Å²) in [4.78, 5) is 14.2. The van der Waals surface area contributed by atoms with Crippen LogP contribution in [0.2, 0.25) is 0 Å². The summed E-state index contributed by atoms with van der Waals surface area (Å²) in [5, 5.41) is 0. The zero-order chi connectivity index (χ0) is 17.7. The molecular weight excluding hydrogens is 332 g/mol. The van der Waals surface area contributed by atoms with Crippen LogP contribution in [0.3, 0.4) is 0 Å². The van der Waals surface area contributed by atoms with Crippen molar-refractivity contribution in [1.29, 1.82) is 0 Å². The summed E-state index contributed by atoms with van der Waals surface area (Å²) >= 11 is 0. The van der Waals surface area contributed by atoms with Crippen molar-refractivity contribution in [3.05, 3.63) is 24.3 Å². The Morgan fingerprint density at radius 3 is 2.29 bits per heavy atom. The summed E-state index contributed by atoms with van der Waals surface area (Å²) in [6, 6.07) is 5.85. The maximum atomic E-state index is 12.3. The highest BCUT2D eigenvalue weighted by Crippen LogP contribution is 2.18. The normalized spacial score (nSPS) is 16.9. The summed E-state index contributed by atoms with van der Waals surface area (Å²) in [7, 11) is -3.53. The number of benzene rings is 1. The van der Waals surface area contributed by atoms with E-state index in [1.165, 1.54) is 12.1 Å². The number of amides is 1. The number of morpholine rings is 1. The molecular formula is C16H24N2O5S. The van der Waals surface area contributed by atoms with Crippen molar-refractivity contribution in [2.45, 2.75) is 37.8 Å². The second-order valence-corrected chi connectivity index (χ2v) is 7.66. The van der Waals surface area contributed by atoms with Gasteiger partial charge in [0.1, 0.15) is 5.75 Å². The number of nitrogens with zero attached hydrogens (tertiary/aromatic N) is 1. The van der Waals surface area contributed by atoms with Crippen LogP contribution in [0.5, 0.6) is 5.75 Å². The van der Waals surface area contributed by atoms with Crippen LogP contribution in [-0.2, 0) is 19.6 Å². The van der Waals surface area contributed by atoms with Crippen molar-refractivity contribution < 1.29 is 22.7 Å². The maximum Gasteiger partial charge on any atom is 0.263 e. The van der Waals surface area contributed by atoms with Gasteiger partial charge in [-0.2, -0.15) is 0 Å². The molecule has 0 aromatic heterocycles. The van der Waals surface area contributed by atoms with Crippen LogP contribution in [-0.4, -0.2) is 57.7 Å². The molecule has 1 N–H and O–H groups in total. The van der Waals surface area contributed by atoms with Gasteiger partial charge in [-0.15, -0.1) is 0 Å². The minimum Gasteiger partial charge on any atom is -0.481 e. The third-order valence-corrected chi connectivity index (χ3v) is 5.18. The minimum atomic E-state index is -3.53. The van der Waals surface area contributed by atoms with E-state index in [2.05, 4.69) is 4.72 Å². The van der Waals surface area contributed by atoms with E-state index in [0.717, 1.165) is 0 Å². The molecule has 0 radical (unpaired) electrons. The lowest BCUT2D eigenvalue weighted by molar-refractivity contribution is -0.142. The largest absolute Gasteiger partial charge is 0.481 e. The van der Waals surface area contributed by atoms with Crippen LogP contribution in [0.1, 0.15) is 20.8 Å². The van der Waals surface area contributed by atoms with E-state index < -0.39 is 16.1 Å². The monoisotopic (exact) mass is 356 g/mol. The number of carbonyl (C=O) groups is 1. The van der Waals surface area contributed by atoms with Gasteiger partial charge in [0.2, 0.25) is 10.0 Å². The van der Waals surface area contributed by atoms with E-state index in [9.17, 15) is 13.2 Å². The first-order chi connectivity index (χ1) is 11.3. The van der Waals surface area contributed by atoms with Crippen molar-refractivity contribution >= 4 is 15.9 Å². The highest BCUT2D eigenvalue weighted by atomic mass is 32.2.